The van der Waals surface area contributed by atoms with Gasteiger partial charge in [0.2, 0.25) is 0 Å². The average Bonchev–Trinajstić information content (AvgIpc) is 2.11. The predicted octanol–water partition coefficient (Wildman–Crippen LogP) is 2.31. The molecule has 0 saturated carbocycles. The van der Waals surface area contributed by atoms with E-state index in [1.807, 2.05) is 0 Å². The largest absolute Gasteiger partial charge is 0.464 e. The lowest BCUT2D eigenvalue weighted by Gasteiger charge is -2.14. The number of amides is 2. The van der Waals surface area contributed by atoms with E-state index in [9.17, 15) is 9.59 Å². The van der Waals surface area contributed by atoms with Gasteiger partial charge in [0.25, 0.3) is 0 Å². The topological polar surface area (TPSA) is 90.7 Å². The summed E-state index contributed by atoms with van der Waals surface area (Å²) in [7, 11) is 0. The van der Waals surface area contributed by atoms with Gasteiger partial charge in [-0.1, -0.05) is 0 Å². The third kappa shape index (κ3) is 2.24. The van der Waals surface area contributed by atoms with Gasteiger partial charge in [0.05, 0.1) is 4.47 Å². The minimum Gasteiger partial charge on any atom is -0.464 e. The molecule has 0 fully saturated rings. The number of nitrogens with zero attached hydrogens (tertiary/aromatic N) is 2. The first-order valence-electron chi connectivity index (χ1n) is 3.82. The molecular weight excluding hydrogens is 268 g/mol. The monoisotopic (exact) mass is 274 g/mol. The van der Waals surface area contributed by atoms with Gasteiger partial charge in [-0.15, -0.1) is 0 Å². The van der Waals surface area contributed by atoms with Crippen molar-refractivity contribution >= 4 is 33.9 Å². The molecule has 0 atom stereocenters. The summed E-state index contributed by atoms with van der Waals surface area (Å²) < 4.78 is 0.342. The molecule has 0 bridgehead atoms. The van der Waals surface area contributed by atoms with Crippen LogP contribution < -0.4 is 4.90 Å². The second-order valence-electron chi connectivity index (χ2n) is 2.67. The summed E-state index contributed by atoms with van der Waals surface area (Å²) in [5, 5.41) is 17.4. The zero-order valence-electron chi connectivity index (χ0n) is 7.64. The van der Waals surface area contributed by atoms with Crippen molar-refractivity contribution in [3.05, 3.63) is 22.3 Å². The Bertz CT molecular complexity index is 407. The van der Waals surface area contributed by atoms with Crippen LogP contribution in [-0.2, 0) is 0 Å². The molecule has 1 rings (SSSR count). The van der Waals surface area contributed by atoms with Crippen LogP contribution in [0.3, 0.4) is 0 Å². The number of hydrogen-bond acceptors (Lipinski definition) is 3. The standard InChI is InChI=1S/C8H7BrN2O4/c1-4-2-3-10-6(5(4)9)11(7(12)13)8(14)15/h2-3H,1H3,(H,12,13)(H,14,15). The van der Waals surface area contributed by atoms with E-state index in [4.69, 9.17) is 10.2 Å². The van der Waals surface area contributed by atoms with Crippen LogP contribution in [0.4, 0.5) is 15.4 Å². The van der Waals surface area contributed by atoms with E-state index < -0.39 is 12.2 Å². The highest BCUT2D eigenvalue weighted by Crippen LogP contribution is 2.26. The summed E-state index contributed by atoms with van der Waals surface area (Å²) >= 11 is 3.09. The van der Waals surface area contributed by atoms with Crippen molar-refractivity contribution in [2.45, 2.75) is 6.92 Å². The second kappa shape index (κ2) is 4.26. The molecule has 1 heterocycles. The molecule has 1 aromatic rings. The summed E-state index contributed by atoms with van der Waals surface area (Å²) in [5.74, 6) is -0.157. The number of hydrogen-bond donors (Lipinski definition) is 2. The highest BCUT2D eigenvalue weighted by molar-refractivity contribution is 9.10. The molecule has 80 valence electrons. The van der Waals surface area contributed by atoms with Crippen molar-refractivity contribution in [2.75, 3.05) is 4.90 Å². The summed E-state index contributed by atoms with van der Waals surface area (Å²) in [6.45, 7) is 1.71. The maximum absolute atomic E-state index is 10.7. The van der Waals surface area contributed by atoms with Gasteiger partial charge in [-0.25, -0.2) is 14.6 Å². The Labute approximate surface area is 93.3 Å². The first-order valence-corrected chi connectivity index (χ1v) is 4.61. The molecule has 15 heavy (non-hydrogen) atoms. The Morgan fingerprint density at radius 1 is 1.40 bits per heavy atom. The molecule has 0 saturated heterocycles. The third-order valence-corrected chi connectivity index (χ3v) is 2.64. The van der Waals surface area contributed by atoms with Crippen molar-refractivity contribution < 1.29 is 19.8 Å². The van der Waals surface area contributed by atoms with Crippen LogP contribution >= 0.6 is 15.9 Å². The average molecular weight is 275 g/mol. The van der Waals surface area contributed by atoms with Gasteiger partial charge in [0, 0.05) is 6.20 Å². The molecule has 0 spiro atoms. The minimum atomic E-state index is -1.60. The summed E-state index contributed by atoms with van der Waals surface area (Å²) in [6, 6.07) is 1.63. The highest BCUT2D eigenvalue weighted by atomic mass is 79.9. The van der Waals surface area contributed by atoms with Crippen LogP contribution in [0.1, 0.15) is 5.56 Å². The zero-order valence-corrected chi connectivity index (χ0v) is 9.22. The number of imide groups is 1. The molecule has 0 aliphatic carbocycles. The van der Waals surface area contributed by atoms with E-state index in [0.29, 0.717) is 10.0 Å². The van der Waals surface area contributed by atoms with Crippen LogP contribution in [0.25, 0.3) is 0 Å². The summed E-state index contributed by atoms with van der Waals surface area (Å²) in [4.78, 5) is 25.2. The SMILES string of the molecule is Cc1ccnc(N(C(=O)O)C(=O)O)c1Br. The molecule has 6 nitrogen and oxygen atoms in total. The van der Waals surface area contributed by atoms with Crippen LogP contribution in [0.15, 0.2) is 16.7 Å². The number of carbonyl (C=O) groups is 2. The Morgan fingerprint density at radius 3 is 2.40 bits per heavy atom. The molecule has 0 aliphatic heterocycles. The van der Waals surface area contributed by atoms with E-state index in [1.54, 1.807) is 13.0 Å². The van der Waals surface area contributed by atoms with Crippen molar-refractivity contribution in [3.63, 3.8) is 0 Å². The van der Waals surface area contributed by atoms with Crippen molar-refractivity contribution in [1.29, 1.82) is 0 Å². The van der Waals surface area contributed by atoms with Gasteiger partial charge >= 0.3 is 12.2 Å². The number of pyridine rings is 1. The molecule has 1 aromatic heterocycles. The Hall–Kier alpha value is -1.63. The minimum absolute atomic E-state index is 0.150. The fourth-order valence-electron chi connectivity index (χ4n) is 0.945. The second-order valence-corrected chi connectivity index (χ2v) is 3.46. The van der Waals surface area contributed by atoms with Gasteiger partial charge in [-0.3, -0.25) is 0 Å². The third-order valence-electron chi connectivity index (χ3n) is 1.66. The van der Waals surface area contributed by atoms with Crippen molar-refractivity contribution in [3.8, 4) is 0 Å². The zero-order chi connectivity index (χ0) is 11.6. The maximum atomic E-state index is 10.7. The lowest BCUT2D eigenvalue weighted by molar-refractivity contribution is 0.184. The van der Waals surface area contributed by atoms with E-state index in [0.717, 1.165) is 0 Å². The van der Waals surface area contributed by atoms with Gasteiger partial charge in [-0.2, -0.15) is 4.90 Å². The number of anilines is 1. The first kappa shape index (κ1) is 11.4. The molecule has 0 radical (unpaired) electrons. The van der Waals surface area contributed by atoms with Crippen LogP contribution in [-0.4, -0.2) is 27.4 Å². The molecular formula is C8H7BrN2O4. The number of halogens is 1. The lowest BCUT2D eigenvalue weighted by atomic mass is 10.3. The van der Waals surface area contributed by atoms with Crippen molar-refractivity contribution in [1.82, 2.24) is 4.98 Å². The Balaban J connectivity index is 3.29. The van der Waals surface area contributed by atoms with Crippen LogP contribution in [0.5, 0.6) is 0 Å². The fourth-order valence-corrected chi connectivity index (χ4v) is 1.36. The molecule has 0 aromatic carbocycles. The van der Waals surface area contributed by atoms with E-state index >= 15 is 0 Å². The predicted molar refractivity (Wildman–Crippen MR) is 55.2 cm³/mol. The Kier molecular flexibility index (Phi) is 3.25. The van der Waals surface area contributed by atoms with Crippen molar-refractivity contribution in [2.24, 2.45) is 0 Å². The van der Waals surface area contributed by atoms with Crippen LogP contribution in [0, 0.1) is 6.92 Å². The lowest BCUT2D eigenvalue weighted by Crippen LogP contribution is -2.35. The molecule has 2 N–H and O–H groups in total. The van der Waals surface area contributed by atoms with Gasteiger partial charge in [0.15, 0.2) is 5.82 Å². The quantitative estimate of drug-likeness (QED) is 0.820. The first-order chi connectivity index (χ1) is 6.95. The molecule has 2 amide bonds. The Morgan fingerprint density at radius 2 is 1.93 bits per heavy atom. The number of aryl methyl sites for hydroxylation is 1. The summed E-state index contributed by atoms with van der Waals surface area (Å²) in [6.07, 6.45) is -1.85. The normalized spacial score (nSPS) is 9.73. The van der Waals surface area contributed by atoms with Gasteiger partial charge in [0.1, 0.15) is 0 Å². The number of carboxylic acid groups (broad SMARTS) is 2. The van der Waals surface area contributed by atoms with Crippen LogP contribution in [0.2, 0.25) is 0 Å². The van der Waals surface area contributed by atoms with E-state index in [-0.39, 0.29) is 10.7 Å². The van der Waals surface area contributed by atoms with Gasteiger partial charge < -0.3 is 10.2 Å². The number of rotatable bonds is 1. The number of aromatic nitrogens is 1. The summed E-state index contributed by atoms with van der Waals surface area (Å²) in [5.41, 5.74) is 0.701. The maximum Gasteiger partial charge on any atom is 0.422 e. The van der Waals surface area contributed by atoms with E-state index in [1.165, 1.54) is 6.20 Å². The fraction of sp³-hybridized carbons (Fsp3) is 0.125. The molecule has 0 aliphatic rings. The van der Waals surface area contributed by atoms with E-state index in [2.05, 4.69) is 20.9 Å². The highest BCUT2D eigenvalue weighted by Gasteiger charge is 2.25. The smallest absolute Gasteiger partial charge is 0.422 e. The molecule has 0 unspecified atom stereocenters. The molecule has 7 heteroatoms. The van der Waals surface area contributed by atoms with Gasteiger partial charge in [-0.05, 0) is 34.5 Å².